The lowest BCUT2D eigenvalue weighted by atomic mass is 9.94. The van der Waals surface area contributed by atoms with Crippen LogP contribution < -0.4 is 4.74 Å². The van der Waals surface area contributed by atoms with Gasteiger partial charge in [-0.15, -0.1) is 0 Å². The fourth-order valence-electron chi connectivity index (χ4n) is 3.68. The molecule has 0 spiro atoms. The molecule has 0 saturated carbocycles. The molecule has 1 atom stereocenters. The number of methoxy groups -OCH3 is 1. The van der Waals surface area contributed by atoms with Crippen molar-refractivity contribution in [3.63, 3.8) is 0 Å². The number of hydrogen-bond acceptors (Lipinski definition) is 5. The first kappa shape index (κ1) is 25.3. The third kappa shape index (κ3) is 5.98. The van der Waals surface area contributed by atoms with Crippen LogP contribution in [0.4, 0.5) is 13.2 Å². The molecular weight excluding hydrogens is 447 g/mol. The Kier molecular flexibility index (Phi) is 7.69. The van der Waals surface area contributed by atoms with E-state index in [0.717, 1.165) is 29.0 Å². The van der Waals surface area contributed by atoms with Crippen LogP contribution in [0.1, 0.15) is 60.8 Å². The molecule has 34 heavy (non-hydrogen) atoms. The van der Waals surface area contributed by atoms with Gasteiger partial charge in [-0.2, -0.15) is 13.2 Å². The van der Waals surface area contributed by atoms with Crippen LogP contribution in [0.15, 0.2) is 46.9 Å². The van der Waals surface area contributed by atoms with Gasteiger partial charge >= 0.3 is 12.1 Å². The Hall–Kier alpha value is -3.29. The van der Waals surface area contributed by atoms with Crippen LogP contribution in [-0.4, -0.2) is 24.7 Å². The summed E-state index contributed by atoms with van der Waals surface area (Å²) in [5.41, 5.74) is 2.52. The Morgan fingerprint density at radius 2 is 1.76 bits per heavy atom. The van der Waals surface area contributed by atoms with Gasteiger partial charge < -0.3 is 13.9 Å². The highest BCUT2D eigenvalue weighted by atomic mass is 19.4. The van der Waals surface area contributed by atoms with E-state index in [1.807, 2.05) is 45.9 Å². The van der Waals surface area contributed by atoms with E-state index in [1.165, 1.54) is 19.2 Å². The van der Waals surface area contributed by atoms with Crippen molar-refractivity contribution in [2.24, 2.45) is 0 Å². The van der Waals surface area contributed by atoms with Gasteiger partial charge in [0.05, 0.1) is 18.4 Å². The van der Waals surface area contributed by atoms with Gasteiger partial charge in [0, 0.05) is 11.5 Å². The fraction of sp³-hybridized carbons (Fsp3) is 0.385. The lowest BCUT2D eigenvalue weighted by Gasteiger charge is -2.14. The Morgan fingerprint density at radius 1 is 1.09 bits per heavy atom. The molecule has 3 aromatic rings. The molecule has 0 radical (unpaired) electrons. The Labute approximate surface area is 196 Å². The minimum Gasteiger partial charge on any atom is -0.482 e. The van der Waals surface area contributed by atoms with E-state index in [4.69, 9.17) is 9.15 Å². The molecule has 1 unspecified atom stereocenters. The highest BCUT2D eigenvalue weighted by molar-refractivity contribution is 5.70. The topological polar surface area (TPSA) is 61.6 Å². The molecule has 0 N–H and O–H groups in total. The monoisotopic (exact) mass is 475 g/mol. The van der Waals surface area contributed by atoms with Gasteiger partial charge in [0.2, 0.25) is 5.89 Å². The number of carbonyl (C=O) groups excluding carboxylic acids is 1. The summed E-state index contributed by atoms with van der Waals surface area (Å²) >= 11 is 0. The van der Waals surface area contributed by atoms with Crippen LogP contribution in [0.25, 0.3) is 11.5 Å². The summed E-state index contributed by atoms with van der Waals surface area (Å²) in [6.07, 6.45) is -3.73. The minimum atomic E-state index is -4.39. The number of halogens is 3. The van der Waals surface area contributed by atoms with Crippen LogP contribution >= 0.6 is 0 Å². The van der Waals surface area contributed by atoms with E-state index in [-0.39, 0.29) is 18.4 Å². The molecule has 0 aliphatic carbocycles. The second kappa shape index (κ2) is 10.3. The molecule has 182 valence electrons. The van der Waals surface area contributed by atoms with Crippen molar-refractivity contribution in [3.05, 3.63) is 70.6 Å². The molecule has 0 fully saturated rings. The predicted octanol–water partition coefficient (Wildman–Crippen LogP) is 6.69. The Morgan fingerprint density at radius 3 is 2.32 bits per heavy atom. The third-order valence-corrected chi connectivity index (χ3v) is 5.49. The summed E-state index contributed by atoms with van der Waals surface area (Å²) in [5.74, 6) is 1.24. The number of rotatable bonds is 8. The molecule has 3 rings (SSSR count). The number of nitrogens with zero attached hydrogens (tertiary/aromatic N) is 1. The second-order valence-corrected chi connectivity index (χ2v) is 8.57. The Balaban J connectivity index is 1.80. The number of carbonyl (C=O) groups is 1. The molecular formula is C26H28F3NO4. The molecule has 0 aliphatic rings. The molecule has 0 saturated heterocycles. The molecule has 5 nitrogen and oxygen atoms in total. The SMILES string of the molecule is COC(=O)COc1ccc(CC(C)c2oc(-c3ccc(C(F)(F)F)cc3)nc2C(C)C)cc1C. The van der Waals surface area contributed by atoms with Gasteiger partial charge in [0.1, 0.15) is 11.5 Å². The third-order valence-electron chi connectivity index (χ3n) is 5.49. The molecule has 0 amide bonds. The zero-order chi connectivity index (χ0) is 25.0. The van der Waals surface area contributed by atoms with Gasteiger partial charge in [-0.3, -0.25) is 0 Å². The van der Waals surface area contributed by atoms with Crippen molar-refractivity contribution < 1.29 is 31.9 Å². The quantitative estimate of drug-likeness (QED) is 0.340. The first-order valence-corrected chi connectivity index (χ1v) is 11.0. The summed E-state index contributed by atoms with van der Waals surface area (Å²) in [4.78, 5) is 15.9. The summed E-state index contributed by atoms with van der Waals surface area (Å²) < 4.78 is 54.8. The van der Waals surface area contributed by atoms with Gasteiger partial charge in [0.15, 0.2) is 6.61 Å². The first-order chi connectivity index (χ1) is 16.0. The number of aromatic nitrogens is 1. The molecule has 0 aliphatic heterocycles. The van der Waals surface area contributed by atoms with Crippen molar-refractivity contribution in [3.8, 4) is 17.2 Å². The van der Waals surface area contributed by atoms with Crippen LogP contribution in [0.5, 0.6) is 5.75 Å². The predicted molar refractivity (Wildman–Crippen MR) is 122 cm³/mol. The fourth-order valence-corrected chi connectivity index (χ4v) is 3.68. The van der Waals surface area contributed by atoms with E-state index < -0.39 is 17.7 Å². The van der Waals surface area contributed by atoms with E-state index in [9.17, 15) is 18.0 Å². The Bertz CT molecular complexity index is 1130. The number of aryl methyl sites for hydroxylation is 1. The smallest absolute Gasteiger partial charge is 0.416 e. The van der Waals surface area contributed by atoms with Gasteiger partial charge in [-0.05, 0) is 60.7 Å². The number of alkyl halides is 3. The first-order valence-electron chi connectivity index (χ1n) is 11.0. The summed E-state index contributed by atoms with van der Waals surface area (Å²) in [6.45, 7) is 7.78. The average Bonchev–Trinajstić information content (AvgIpc) is 3.24. The van der Waals surface area contributed by atoms with Crippen LogP contribution in [0.3, 0.4) is 0 Å². The minimum absolute atomic E-state index is 0.0191. The molecule has 2 aromatic carbocycles. The average molecular weight is 476 g/mol. The summed E-state index contributed by atoms with van der Waals surface area (Å²) in [5, 5.41) is 0. The molecule has 1 heterocycles. The van der Waals surface area contributed by atoms with E-state index in [0.29, 0.717) is 29.4 Å². The molecule has 0 bridgehead atoms. The summed E-state index contributed by atoms with van der Waals surface area (Å²) in [7, 11) is 1.31. The van der Waals surface area contributed by atoms with Gasteiger partial charge in [-0.25, -0.2) is 9.78 Å². The van der Waals surface area contributed by atoms with Crippen molar-refractivity contribution >= 4 is 5.97 Å². The van der Waals surface area contributed by atoms with Crippen molar-refractivity contribution in [1.82, 2.24) is 4.98 Å². The lowest BCUT2D eigenvalue weighted by Crippen LogP contribution is -2.13. The van der Waals surface area contributed by atoms with E-state index >= 15 is 0 Å². The number of benzene rings is 2. The lowest BCUT2D eigenvalue weighted by molar-refractivity contribution is -0.143. The van der Waals surface area contributed by atoms with Crippen molar-refractivity contribution in [2.45, 2.75) is 52.1 Å². The molecule has 1 aromatic heterocycles. The maximum Gasteiger partial charge on any atom is 0.416 e. The van der Waals surface area contributed by atoms with Crippen LogP contribution in [-0.2, 0) is 22.1 Å². The van der Waals surface area contributed by atoms with Crippen molar-refractivity contribution in [2.75, 3.05) is 13.7 Å². The highest BCUT2D eigenvalue weighted by Crippen LogP contribution is 2.35. The van der Waals surface area contributed by atoms with Crippen molar-refractivity contribution in [1.29, 1.82) is 0 Å². The van der Waals surface area contributed by atoms with Gasteiger partial charge in [0.25, 0.3) is 0 Å². The summed E-state index contributed by atoms with van der Waals surface area (Å²) in [6, 6.07) is 10.6. The number of ether oxygens (including phenoxy) is 2. The maximum atomic E-state index is 12.9. The maximum absolute atomic E-state index is 12.9. The van der Waals surface area contributed by atoms with Crippen LogP contribution in [0, 0.1) is 6.92 Å². The highest BCUT2D eigenvalue weighted by Gasteiger charge is 2.30. The second-order valence-electron chi connectivity index (χ2n) is 8.57. The zero-order valence-electron chi connectivity index (χ0n) is 19.8. The van der Waals surface area contributed by atoms with Crippen LogP contribution in [0.2, 0.25) is 0 Å². The zero-order valence-corrected chi connectivity index (χ0v) is 19.8. The standard InChI is InChI=1S/C26H28F3NO4/c1-15(2)23-24(34-25(30-23)19-7-9-20(10-8-19)26(27,28)29)17(4)13-18-6-11-21(16(3)12-18)33-14-22(31)32-5/h6-12,15,17H,13-14H2,1-5H3. The van der Waals surface area contributed by atoms with E-state index in [2.05, 4.69) is 9.72 Å². The number of oxazole rings is 1. The largest absolute Gasteiger partial charge is 0.482 e. The normalized spacial score (nSPS) is 12.6. The molecule has 8 heteroatoms. The number of esters is 1. The van der Waals surface area contributed by atoms with Gasteiger partial charge in [-0.1, -0.05) is 32.9 Å². The number of hydrogen-bond donors (Lipinski definition) is 0. The van der Waals surface area contributed by atoms with E-state index in [1.54, 1.807) is 0 Å².